The molecule has 0 heterocycles. The predicted octanol–water partition coefficient (Wildman–Crippen LogP) is 2.16. The second-order valence-electron chi connectivity index (χ2n) is 4.11. The van der Waals surface area contributed by atoms with E-state index < -0.39 is 0 Å². The van der Waals surface area contributed by atoms with Crippen LogP contribution in [0.2, 0.25) is 0 Å². The van der Waals surface area contributed by atoms with Crippen LogP contribution in [0.3, 0.4) is 0 Å². The Morgan fingerprint density at radius 3 is 2.22 bits per heavy atom. The molecule has 0 aliphatic heterocycles. The number of hydrogen-bond acceptors (Lipinski definition) is 4. The molecule has 2 N–H and O–H groups in total. The molecule has 0 spiro atoms. The van der Waals surface area contributed by atoms with Gasteiger partial charge in [0.05, 0.1) is 14.2 Å². The zero-order valence-electron chi connectivity index (χ0n) is 11.2. The van der Waals surface area contributed by atoms with Gasteiger partial charge in [-0.05, 0) is 31.0 Å². The minimum atomic E-state index is 0.0827. The third kappa shape index (κ3) is 3.67. The number of benzene rings is 1. The van der Waals surface area contributed by atoms with Gasteiger partial charge in [0.15, 0.2) is 11.5 Å². The van der Waals surface area contributed by atoms with Gasteiger partial charge in [-0.25, -0.2) is 0 Å². The lowest BCUT2D eigenvalue weighted by atomic mass is 10.1. The first-order chi connectivity index (χ1) is 8.62. The average molecular weight is 251 g/mol. The minimum Gasteiger partial charge on any atom is -0.493 e. The molecular formula is C14H21NO3. The van der Waals surface area contributed by atoms with E-state index in [1.165, 1.54) is 0 Å². The zero-order valence-corrected chi connectivity index (χ0v) is 11.2. The van der Waals surface area contributed by atoms with E-state index in [9.17, 15) is 0 Å². The predicted molar refractivity (Wildman–Crippen MR) is 72.6 cm³/mol. The summed E-state index contributed by atoms with van der Waals surface area (Å²) in [4.78, 5) is 0. The van der Waals surface area contributed by atoms with E-state index in [2.05, 4.69) is 6.58 Å². The summed E-state index contributed by atoms with van der Waals surface area (Å²) in [6.45, 7) is 5.98. The molecule has 0 saturated carbocycles. The maximum atomic E-state index is 5.80. The fourth-order valence-corrected chi connectivity index (χ4v) is 1.71. The fraction of sp³-hybridized carbons (Fsp3) is 0.429. The minimum absolute atomic E-state index is 0.0827. The molecule has 0 bridgehead atoms. The Balaban J connectivity index is 3.11. The van der Waals surface area contributed by atoms with Gasteiger partial charge in [0.1, 0.15) is 6.61 Å². The van der Waals surface area contributed by atoms with Gasteiger partial charge >= 0.3 is 0 Å². The molecule has 0 aliphatic carbocycles. The molecule has 4 heteroatoms. The highest BCUT2D eigenvalue weighted by Crippen LogP contribution is 2.38. The second kappa shape index (κ2) is 6.91. The third-order valence-corrected chi connectivity index (χ3v) is 2.42. The monoisotopic (exact) mass is 251 g/mol. The summed E-state index contributed by atoms with van der Waals surface area (Å²) in [5.74, 6) is 1.88. The Labute approximate surface area is 108 Å². The van der Waals surface area contributed by atoms with Gasteiger partial charge in [0.2, 0.25) is 5.75 Å². The fourth-order valence-electron chi connectivity index (χ4n) is 1.71. The molecule has 0 fully saturated rings. The van der Waals surface area contributed by atoms with Crippen molar-refractivity contribution in [3.8, 4) is 17.2 Å². The van der Waals surface area contributed by atoms with Crippen LogP contribution in [0.4, 0.5) is 0 Å². The molecule has 1 unspecified atom stereocenters. The quantitative estimate of drug-likeness (QED) is 0.754. The van der Waals surface area contributed by atoms with Gasteiger partial charge in [-0.1, -0.05) is 12.7 Å². The molecule has 4 nitrogen and oxygen atoms in total. The average Bonchev–Trinajstić information content (AvgIpc) is 2.35. The zero-order chi connectivity index (χ0) is 13.5. The smallest absolute Gasteiger partial charge is 0.203 e. The first-order valence-electron chi connectivity index (χ1n) is 5.86. The molecule has 1 rings (SSSR count). The van der Waals surface area contributed by atoms with Crippen LogP contribution in [-0.2, 0) is 6.42 Å². The highest BCUT2D eigenvalue weighted by Gasteiger charge is 2.14. The highest BCUT2D eigenvalue weighted by molar-refractivity contribution is 5.54. The Morgan fingerprint density at radius 1 is 1.28 bits per heavy atom. The molecule has 0 aliphatic rings. The van der Waals surface area contributed by atoms with Gasteiger partial charge in [-0.2, -0.15) is 0 Å². The number of ether oxygens (including phenoxy) is 3. The van der Waals surface area contributed by atoms with E-state index in [1.54, 1.807) is 20.3 Å². The largest absolute Gasteiger partial charge is 0.493 e. The van der Waals surface area contributed by atoms with Crippen molar-refractivity contribution in [2.24, 2.45) is 5.73 Å². The Hall–Kier alpha value is -1.68. The molecule has 18 heavy (non-hydrogen) atoms. The molecule has 0 radical (unpaired) electrons. The second-order valence-corrected chi connectivity index (χ2v) is 4.11. The van der Waals surface area contributed by atoms with E-state index in [0.717, 1.165) is 12.0 Å². The summed E-state index contributed by atoms with van der Waals surface area (Å²) in [5.41, 5.74) is 6.86. The lowest BCUT2D eigenvalue weighted by molar-refractivity contribution is 0.300. The van der Waals surface area contributed by atoms with Crippen molar-refractivity contribution in [3.63, 3.8) is 0 Å². The normalized spacial score (nSPS) is 11.8. The first-order valence-corrected chi connectivity index (χ1v) is 5.86. The van der Waals surface area contributed by atoms with Crippen molar-refractivity contribution in [3.05, 3.63) is 30.4 Å². The summed E-state index contributed by atoms with van der Waals surface area (Å²) >= 11 is 0. The third-order valence-electron chi connectivity index (χ3n) is 2.42. The maximum Gasteiger partial charge on any atom is 0.203 e. The van der Waals surface area contributed by atoms with Crippen LogP contribution in [0.15, 0.2) is 24.8 Å². The molecule has 1 aromatic carbocycles. The van der Waals surface area contributed by atoms with Crippen LogP contribution in [0.5, 0.6) is 17.2 Å². The molecule has 100 valence electrons. The van der Waals surface area contributed by atoms with Crippen molar-refractivity contribution in [2.75, 3.05) is 20.8 Å². The Kier molecular flexibility index (Phi) is 5.52. The standard InChI is InChI=1S/C14H21NO3/c1-5-6-18-14-12(16-3)8-11(7-10(2)15)9-13(14)17-4/h5,8-10H,1,6-7,15H2,2-4H3. The molecule has 1 atom stereocenters. The van der Waals surface area contributed by atoms with E-state index in [0.29, 0.717) is 23.9 Å². The van der Waals surface area contributed by atoms with Crippen molar-refractivity contribution < 1.29 is 14.2 Å². The number of methoxy groups -OCH3 is 2. The van der Waals surface area contributed by atoms with E-state index in [-0.39, 0.29) is 6.04 Å². The number of hydrogen-bond donors (Lipinski definition) is 1. The Morgan fingerprint density at radius 2 is 1.83 bits per heavy atom. The molecule has 0 aromatic heterocycles. The molecule has 0 amide bonds. The summed E-state index contributed by atoms with van der Waals surface area (Å²) in [7, 11) is 3.20. The van der Waals surface area contributed by atoms with Gasteiger partial charge in [-0.15, -0.1) is 0 Å². The van der Waals surface area contributed by atoms with E-state index in [1.807, 2.05) is 19.1 Å². The summed E-state index contributed by atoms with van der Waals surface area (Å²) in [6, 6.07) is 3.92. The van der Waals surface area contributed by atoms with Crippen LogP contribution in [0.25, 0.3) is 0 Å². The SMILES string of the molecule is C=CCOc1c(OC)cc(CC(C)N)cc1OC. The number of nitrogens with two attached hydrogens (primary N) is 1. The van der Waals surface area contributed by atoms with Crippen molar-refractivity contribution in [2.45, 2.75) is 19.4 Å². The number of rotatable bonds is 7. The van der Waals surface area contributed by atoms with Gasteiger partial charge in [-0.3, -0.25) is 0 Å². The van der Waals surface area contributed by atoms with E-state index >= 15 is 0 Å². The highest BCUT2D eigenvalue weighted by atomic mass is 16.5. The summed E-state index contributed by atoms with van der Waals surface area (Å²) in [6.07, 6.45) is 2.43. The van der Waals surface area contributed by atoms with E-state index in [4.69, 9.17) is 19.9 Å². The maximum absolute atomic E-state index is 5.80. The van der Waals surface area contributed by atoms with Crippen LogP contribution >= 0.6 is 0 Å². The molecular weight excluding hydrogens is 230 g/mol. The lowest BCUT2D eigenvalue weighted by Gasteiger charge is -2.16. The van der Waals surface area contributed by atoms with Crippen LogP contribution in [-0.4, -0.2) is 26.9 Å². The van der Waals surface area contributed by atoms with Gasteiger partial charge in [0, 0.05) is 6.04 Å². The summed E-state index contributed by atoms with van der Waals surface area (Å²) in [5, 5.41) is 0. The summed E-state index contributed by atoms with van der Waals surface area (Å²) < 4.78 is 16.2. The van der Waals surface area contributed by atoms with Crippen molar-refractivity contribution in [1.82, 2.24) is 0 Å². The first kappa shape index (κ1) is 14.4. The van der Waals surface area contributed by atoms with Gasteiger partial charge in [0.25, 0.3) is 0 Å². The van der Waals surface area contributed by atoms with Crippen LogP contribution in [0.1, 0.15) is 12.5 Å². The molecule has 0 saturated heterocycles. The molecule has 1 aromatic rings. The van der Waals surface area contributed by atoms with Crippen molar-refractivity contribution in [1.29, 1.82) is 0 Å². The van der Waals surface area contributed by atoms with Gasteiger partial charge < -0.3 is 19.9 Å². The van der Waals surface area contributed by atoms with Crippen LogP contribution < -0.4 is 19.9 Å². The van der Waals surface area contributed by atoms with Crippen molar-refractivity contribution >= 4 is 0 Å². The topological polar surface area (TPSA) is 53.7 Å². The Bertz CT molecular complexity index is 377. The lowest BCUT2D eigenvalue weighted by Crippen LogP contribution is -2.17. The van der Waals surface area contributed by atoms with Crippen LogP contribution in [0, 0.1) is 0 Å².